The van der Waals surface area contributed by atoms with E-state index in [1.807, 2.05) is 11.8 Å². The van der Waals surface area contributed by atoms with Crippen molar-refractivity contribution < 1.29 is 9.21 Å². The van der Waals surface area contributed by atoms with Crippen molar-refractivity contribution in [3.05, 3.63) is 23.7 Å². The number of hydrogen-bond acceptors (Lipinski definition) is 2. The predicted octanol–water partition coefficient (Wildman–Crippen LogP) is 4.62. The molecule has 0 aromatic carbocycles. The summed E-state index contributed by atoms with van der Waals surface area (Å²) >= 11 is 6.01. The van der Waals surface area contributed by atoms with Crippen LogP contribution in [-0.2, 0) is 0 Å². The van der Waals surface area contributed by atoms with Crippen LogP contribution in [0.2, 0.25) is 0 Å². The SMILES string of the molecule is CC(Cl)c1ccc(C(=O)N2CC3(C)CC2CC(C)(C)C3)o1. The molecule has 0 spiro atoms. The Balaban J connectivity index is 1.82. The van der Waals surface area contributed by atoms with Crippen LogP contribution in [0.4, 0.5) is 0 Å². The van der Waals surface area contributed by atoms with E-state index in [1.165, 1.54) is 6.42 Å². The van der Waals surface area contributed by atoms with E-state index < -0.39 is 0 Å². The maximum Gasteiger partial charge on any atom is 0.289 e. The molecule has 4 heteroatoms. The van der Waals surface area contributed by atoms with E-state index in [4.69, 9.17) is 16.0 Å². The highest BCUT2D eigenvalue weighted by Gasteiger charge is 2.51. The maximum atomic E-state index is 12.8. The van der Waals surface area contributed by atoms with E-state index in [2.05, 4.69) is 20.8 Å². The second kappa shape index (κ2) is 4.77. The minimum absolute atomic E-state index is 0.0185. The molecule has 116 valence electrons. The van der Waals surface area contributed by atoms with E-state index >= 15 is 0 Å². The molecule has 0 radical (unpaired) electrons. The lowest BCUT2D eigenvalue weighted by molar-refractivity contribution is 0.0674. The first-order valence-corrected chi connectivity index (χ1v) is 8.18. The van der Waals surface area contributed by atoms with Crippen molar-refractivity contribution in [3.8, 4) is 0 Å². The molecule has 0 N–H and O–H groups in total. The number of nitrogens with zero attached hydrogens (tertiary/aromatic N) is 1. The summed E-state index contributed by atoms with van der Waals surface area (Å²) in [5, 5.41) is -0.208. The maximum absolute atomic E-state index is 12.8. The number of alkyl halides is 1. The van der Waals surface area contributed by atoms with Gasteiger partial charge in [0.2, 0.25) is 0 Å². The summed E-state index contributed by atoms with van der Waals surface area (Å²) < 4.78 is 5.63. The van der Waals surface area contributed by atoms with Crippen molar-refractivity contribution in [2.45, 2.75) is 58.4 Å². The first-order valence-electron chi connectivity index (χ1n) is 7.74. The normalized spacial score (nSPS) is 32.2. The van der Waals surface area contributed by atoms with Crippen LogP contribution in [0.5, 0.6) is 0 Å². The standard InChI is InChI=1S/C17H24ClNO2/c1-11(18)13-5-6-14(21-13)15(20)19-10-17(4)8-12(19)7-16(2,3)9-17/h5-6,11-12H,7-10H2,1-4H3. The third-order valence-electron chi connectivity index (χ3n) is 4.91. The van der Waals surface area contributed by atoms with Gasteiger partial charge in [-0.25, -0.2) is 0 Å². The quantitative estimate of drug-likeness (QED) is 0.747. The lowest BCUT2D eigenvalue weighted by atomic mass is 9.65. The number of furan rings is 1. The fraction of sp³-hybridized carbons (Fsp3) is 0.706. The zero-order valence-electron chi connectivity index (χ0n) is 13.3. The Morgan fingerprint density at radius 1 is 1.38 bits per heavy atom. The molecule has 1 aliphatic heterocycles. The van der Waals surface area contributed by atoms with Gasteiger partial charge in [0.25, 0.3) is 5.91 Å². The lowest BCUT2D eigenvalue weighted by Gasteiger charge is -2.39. The average Bonchev–Trinajstić information content (AvgIpc) is 2.90. The fourth-order valence-corrected chi connectivity index (χ4v) is 4.64. The second-order valence-electron chi connectivity index (χ2n) is 7.96. The summed E-state index contributed by atoms with van der Waals surface area (Å²) in [5.74, 6) is 1.10. The van der Waals surface area contributed by atoms with Gasteiger partial charge in [-0.3, -0.25) is 4.79 Å². The summed E-state index contributed by atoms with van der Waals surface area (Å²) in [5.41, 5.74) is 0.558. The summed E-state index contributed by atoms with van der Waals surface area (Å²) in [6, 6.07) is 3.90. The highest BCUT2D eigenvalue weighted by atomic mass is 35.5. The van der Waals surface area contributed by atoms with Gasteiger partial charge >= 0.3 is 0 Å². The molecule has 21 heavy (non-hydrogen) atoms. The van der Waals surface area contributed by atoms with Gasteiger partial charge in [0.1, 0.15) is 5.76 Å². The highest BCUT2D eigenvalue weighted by molar-refractivity contribution is 6.20. The minimum Gasteiger partial charge on any atom is -0.454 e. The molecule has 1 aromatic heterocycles. The molecule has 3 rings (SSSR count). The number of carbonyl (C=O) groups is 1. The Kier molecular flexibility index (Phi) is 3.40. The Morgan fingerprint density at radius 2 is 2.10 bits per heavy atom. The third-order valence-corrected chi connectivity index (χ3v) is 5.12. The molecular formula is C17H24ClNO2. The Labute approximate surface area is 131 Å². The smallest absolute Gasteiger partial charge is 0.289 e. The molecule has 1 amide bonds. The summed E-state index contributed by atoms with van der Waals surface area (Å²) in [6.07, 6.45) is 3.37. The van der Waals surface area contributed by atoms with E-state index in [1.54, 1.807) is 12.1 Å². The van der Waals surface area contributed by atoms with E-state index in [9.17, 15) is 4.79 Å². The minimum atomic E-state index is -0.208. The molecule has 2 aliphatic rings. The van der Waals surface area contributed by atoms with Gasteiger partial charge < -0.3 is 9.32 Å². The number of halogens is 1. The van der Waals surface area contributed by atoms with E-state index in [0.29, 0.717) is 23.0 Å². The monoisotopic (exact) mass is 309 g/mol. The summed E-state index contributed by atoms with van der Waals surface area (Å²) in [6.45, 7) is 9.62. The van der Waals surface area contributed by atoms with Crippen LogP contribution in [-0.4, -0.2) is 23.4 Å². The van der Waals surface area contributed by atoms with Crippen molar-refractivity contribution in [1.82, 2.24) is 4.90 Å². The van der Waals surface area contributed by atoms with Gasteiger partial charge in [0, 0.05) is 12.6 Å². The zero-order chi connectivity index (χ0) is 15.4. The van der Waals surface area contributed by atoms with Crippen molar-refractivity contribution >= 4 is 17.5 Å². The lowest BCUT2D eigenvalue weighted by Crippen LogP contribution is -2.37. The first kappa shape index (κ1) is 15.0. The van der Waals surface area contributed by atoms with Gasteiger partial charge in [-0.15, -0.1) is 11.6 Å². The molecule has 3 nitrogen and oxygen atoms in total. The Morgan fingerprint density at radius 3 is 2.71 bits per heavy atom. The topological polar surface area (TPSA) is 33.5 Å². The van der Waals surface area contributed by atoms with Gasteiger partial charge in [-0.1, -0.05) is 20.8 Å². The number of fused-ring (bicyclic) bond motifs is 2. The molecule has 3 atom stereocenters. The van der Waals surface area contributed by atoms with Crippen molar-refractivity contribution in [2.24, 2.45) is 10.8 Å². The largest absolute Gasteiger partial charge is 0.454 e. The van der Waals surface area contributed by atoms with Crippen molar-refractivity contribution in [2.75, 3.05) is 6.54 Å². The van der Waals surface area contributed by atoms with Gasteiger partial charge in [0.15, 0.2) is 5.76 Å². The van der Waals surface area contributed by atoms with Crippen LogP contribution in [0.3, 0.4) is 0 Å². The molecular weight excluding hydrogens is 286 g/mol. The molecule has 2 fully saturated rings. The molecule has 1 aliphatic carbocycles. The van der Waals surface area contributed by atoms with Gasteiger partial charge in [0.05, 0.1) is 5.38 Å². The van der Waals surface area contributed by atoms with Crippen LogP contribution in [0.1, 0.15) is 68.6 Å². The fourth-order valence-electron chi connectivity index (χ4n) is 4.52. The van der Waals surface area contributed by atoms with Crippen LogP contribution < -0.4 is 0 Å². The third kappa shape index (κ3) is 2.73. The number of rotatable bonds is 2. The van der Waals surface area contributed by atoms with Crippen LogP contribution >= 0.6 is 11.6 Å². The number of carbonyl (C=O) groups excluding carboxylic acids is 1. The molecule has 1 saturated carbocycles. The number of amides is 1. The van der Waals surface area contributed by atoms with Gasteiger partial charge in [-0.2, -0.15) is 0 Å². The van der Waals surface area contributed by atoms with Gasteiger partial charge in [-0.05, 0) is 49.1 Å². The molecule has 1 saturated heterocycles. The summed E-state index contributed by atoms with van der Waals surface area (Å²) in [7, 11) is 0. The van der Waals surface area contributed by atoms with Crippen LogP contribution in [0, 0.1) is 10.8 Å². The average molecular weight is 310 g/mol. The van der Waals surface area contributed by atoms with Crippen LogP contribution in [0.15, 0.2) is 16.5 Å². The number of hydrogen-bond donors (Lipinski definition) is 0. The first-order chi connectivity index (χ1) is 9.69. The van der Waals surface area contributed by atoms with Crippen molar-refractivity contribution in [1.29, 1.82) is 0 Å². The molecule has 2 heterocycles. The molecule has 2 bridgehead atoms. The second-order valence-corrected chi connectivity index (χ2v) is 8.62. The van der Waals surface area contributed by atoms with Crippen molar-refractivity contribution in [3.63, 3.8) is 0 Å². The summed E-state index contributed by atoms with van der Waals surface area (Å²) in [4.78, 5) is 14.8. The Bertz CT molecular complexity index is 563. The number of likely N-dealkylation sites (tertiary alicyclic amines) is 1. The Hall–Kier alpha value is -0.960. The highest BCUT2D eigenvalue weighted by Crippen LogP contribution is 2.52. The zero-order valence-corrected chi connectivity index (χ0v) is 14.0. The van der Waals surface area contributed by atoms with E-state index in [0.717, 1.165) is 19.4 Å². The molecule has 3 unspecified atom stereocenters. The predicted molar refractivity (Wildman–Crippen MR) is 83.5 cm³/mol. The van der Waals surface area contributed by atoms with E-state index in [-0.39, 0.29) is 16.7 Å². The van der Waals surface area contributed by atoms with Crippen LogP contribution in [0.25, 0.3) is 0 Å². The molecule has 1 aromatic rings.